The van der Waals surface area contributed by atoms with Crippen molar-refractivity contribution in [2.45, 2.75) is 19.8 Å². The van der Waals surface area contributed by atoms with E-state index in [1.807, 2.05) is 6.07 Å². The molecular formula is C11H16BrNO. The molecule has 2 nitrogen and oxygen atoms in total. The summed E-state index contributed by atoms with van der Waals surface area (Å²) in [5.74, 6) is 1.12. The van der Waals surface area contributed by atoms with Gasteiger partial charge in [-0.2, -0.15) is 0 Å². The van der Waals surface area contributed by atoms with Crippen molar-refractivity contribution < 1.29 is 5.11 Å². The number of phenols is 1. The van der Waals surface area contributed by atoms with Gasteiger partial charge in [0.15, 0.2) is 0 Å². The Morgan fingerprint density at radius 3 is 2.50 bits per heavy atom. The second-order valence-corrected chi connectivity index (χ2v) is 4.65. The summed E-state index contributed by atoms with van der Waals surface area (Å²) in [5.41, 5.74) is 6.90. The zero-order valence-electron chi connectivity index (χ0n) is 8.50. The van der Waals surface area contributed by atoms with Gasteiger partial charge >= 0.3 is 0 Å². The molecule has 0 radical (unpaired) electrons. The Balaban J connectivity index is 3.04. The van der Waals surface area contributed by atoms with Crippen LogP contribution in [0.3, 0.4) is 0 Å². The SMILES string of the molecule is CC(C)C(CN)c1ccc(O)cc1Br. The molecule has 0 amide bonds. The number of phenolic OH excluding ortho intramolecular Hbond substituents is 1. The first-order valence-corrected chi connectivity index (χ1v) is 5.54. The summed E-state index contributed by atoms with van der Waals surface area (Å²) in [6.07, 6.45) is 0. The summed E-state index contributed by atoms with van der Waals surface area (Å²) in [7, 11) is 0. The smallest absolute Gasteiger partial charge is 0.116 e. The monoisotopic (exact) mass is 257 g/mol. The van der Waals surface area contributed by atoms with Crippen LogP contribution in [0, 0.1) is 5.92 Å². The van der Waals surface area contributed by atoms with Gasteiger partial charge in [-0.3, -0.25) is 0 Å². The lowest BCUT2D eigenvalue weighted by molar-refractivity contribution is 0.471. The summed E-state index contributed by atoms with van der Waals surface area (Å²) in [6.45, 7) is 4.93. The molecular weight excluding hydrogens is 242 g/mol. The van der Waals surface area contributed by atoms with Crippen LogP contribution in [0.1, 0.15) is 25.3 Å². The van der Waals surface area contributed by atoms with E-state index >= 15 is 0 Å². The molecule has 1 rings (SSSR count). The third kappa shape index (κ3) is 2.49. The topological polar surface area (TPSA) is 46.2 Å². The second-order valence-electron chi connectivity index (χ2n) is 3.79. The molecule has 0 aliphatic rings. The Labute approximate surface area is 93.3 Å². The maximum atomic E-state index is 9.27. The average Bonchev–Trinajstić information content (AvgIpc) is 2.09. The van der Waals surface area contributed by atoms with E-state index in [1.54, 1.807) is 12.1 Å². The van der Waals surface area contributed by atoms with Crippen LogP contribution in [-0.4, -0.2) is 11.7 Å². The maximum absolute atomic E-state index is 9.27. The lowest BCUT2D eigenvalue weighted by atomic mass is 9.88. The molecule has 14 heavy (non-hydrogen) atoms. The van der Waals surface area contributed by atoms with Gasteiger partial charge in [-0.25, -0.2) is 0 Å². The van der Waals surface area contributed by atoms with Gasteiger partial charge in [0, 0.05) is 4.47 Å². The standard InChI is InChI=1S/C11H16BrNO/c1-7(2)10(6-13)9-4-3-8(14)5-11(9)12/h3-5,7,10,14H,6,13H2,1-2H3. The summed E-state index contributed by atoms with van der Waals surface area (Å²) in [6, 6.07) is 5.34. The van der Waals surface area contributed by atoms with Crippen LogP contribution >= 0.6 is 15.9 Å². The van der Waals surface area contributed by atoms with E-state index in [-0.39, 0.29) is 5.75 Å². The molecule has 1 aromatic carbocycles. The molecule has 0 aromatic heterocycles. The van der Waals surface area contributed by atoms with Crippen molar-refractivity contribution in [3.8, 4) is 5.75 Å². The van der Waals surface area contributed by atoms with Crippen molar-refractivity contribution in [2.24, 2.45) is 11.7 Å². The first kappa shape index (κ1) is 11.5. The van der Waals surface area contributed by atoms with Crippen molar-refractivity contribution in [1.29, 1.82) is 0 Å². The van der Waals surface area contributed by atoms with Crippen LogP contribution in [-0.2, 0) is 0 Å². The highest BCUT2D eigenvalue weighted by Crippen LogP contribution is 2.31. The minimum atomic E-state index is 0.278. The molecule has 3 heteroatoms. The van der Waals surface area contributed by atoms with E-state index in [4.69, 9.17) is 5.73 Å². The zero-order chi connectivity index (χ0) is 10.7. The first-order chi connectivity index (χ1) is 6.56. The largest absolute Gasteiger partial charge is 0.508 e. The van der Waals surface area contributed by atoms with Crippen LogP contribution in [0.15, 0.2) is 22.7 Å². The Kier molecular flexibility index (Phi) is 3.96. The number of benzene rings is 1. The van der Waals surface area contributed by atoms with E-state index in [0.717, 1.165) is 4.47 Å². The number of hydrogen-bond acceptors (Lipinski definition) is 2. The second kappa shape index (κ2) is 4.80. The molecule has 3 N–H and O–H groups in total. The van der Waals surface area contributed by atoms with Crippen molar-refractivity contribution in [1.82, 2.24) is 0 Å². The molecule has 1 aromatic rings. The fourth-order valence-corrected chi connectivity index (χ4v) is 2.24. The van der Waals surface area contributed by atoms with Crippen molar-refractivity contribution >= 4 is 15.9 Å². The number of hydrogen-bond donors (Lipinski definition) is 2. The molecule has 0 aliphatic heterocycles. The maximum Gasteiger partial charge on any atom is 0.116 e. The zero-order valence-corrected chi connectivity index (χ0v) is 10.1. The van der Waals surface area contributed by atoms with Gasteiger partial charge in [0.1, 0.15) is 5.75 Å². The Morgan fingerprint density at radius 1 is 1.43 bits per heavy atom. The predicted molar refractivity (Wildman–Crippen MR) is 62.4 cm³/mol. The lowest BCUT2D eigenvalue weighted by Gasteiger charge is -2.20. The highest BCUT2D eigenvalue weighted by atomic mass is 79.9. The molecule has 0 heterocycles. The molecule has 0 saturated carbocycles. The molecule has 0 saturated heterocycles. The van der Waals surface area contributed by atoms with Crippen LogP contribution in [0.4, 0.5) is 0 Å². The fourth-order valence-electron chi connectivity index (χ4n) is 1.58. The number of halogens is 1. The third-order valence-corrected chi connectivity index (χ3v) is 3.13. The molecule has 78 valence electrons. The molecule has 1 atom stereocenters. The predicted octanol–water partition coefficient (Wildman–Crippen LogP) is 2.85. The van der Waals surface area contributed by atoms with Crippen LogP contribution in [0.2, 0.25) is 0 Å². The van der Waals surface area contributed by atoms with Crippen LogP contribution in [0.25, 0.3) is 0 Å². The number of rotatable bonds is 3. The number of nitrogens with two attached hydrogens (primary N) is 1. The van der Waals surface area contributed by atoms with Gasteiger partial charge in [0.25, 0.3) is 0 Å². The Bertz CT molecular complexity index is 312. The van der Waals surface area contributed by atoms with E-state index in [9.17, 15) is 5.11 Å². The van der Waals surface area contributed by atoms with Gasteiger partial charge in [0.2, 0.25) is 0 Å². The third-order valence-electron chi connectivity index (χ3n) is 2.44. The van der Waals surface area contributed by atoms with Gasteiger partial charge < -0.3 is 10.8 Å². The molecule has 0 aliphatic carbocycles. The van der Waals surface area contributed by atoms with Crippen molar-refractivity contribution in [2.75, 3.05) is 6.54 Å². The van der Waals surface area contributed by atoms with Gasteiger partial charge in [0.05, 0.1) is 0 Å². The van der Waals surface area contributed by atoms with Crippen molar-refractivity contribution in [3.05, 3.63) is 28.2 Å². The number of aromatic hydroxyl groups is 1. The Morgan fingerprint density at radius 2 is 2.07 bits per heavy atom. The Hall–Kier alpha value is -0.540. The highest BCUT2D eigenvalue weighted by Gasteiger charge is 2.16. The summed E-state index contributed by atoms with van der Waals surface area (Å²) in [5, 5.41) is 9.27. The van der Waals surface area contributed by atoms with E-state index in [0.29, 0.717) is 18.4 Å². The van der Waals surface area contributed by atoms with Crippen LogP contribution in [0.5, 0.6) is 5.75 Å². The van der Waals surface area contributed by atoms with E-state index < -0.39 is 0 Å². The molecule has 0 spiro atoms. The lowest BCUT2D eigenvalue weighted by Crippen LogP contribution is -2.18. The minimum absolute atomic E-state index is 0.278. The van der Waals surface area contributed by atoms with E-state index in [2.05, 4.69) is 29.8 Å². The summed E-state index contributed by atoms with van der Waals surface area (Å²) < 4.78 is 0.932. The normalized spacial score (nSPS) is 13.2. The first-order valence-electron chi connectivity index (χ1n) is 4.74. The van der Waals surface area contributed by atoms with E-state index in [1.165, 1.54) is 5.56 Å². The summed E-state index contributed by atoms with van der Waals surface area (Å²) in [4.78, 5) is 0. The average molecular weight is 258 g/mol. The minimum Gasteiger partial charge on any atom is -0.508 e. The molecule has 0 fully saturated rings. The quantitative estimate of drug-likeness (QED) is 0.875. The molecule has 1 unspecified atom stereocenters. The van der Waals surface area contributed by atoms with Crippen molar-refractivity contribution in [3.63, 3.8) is 0 Å². The van der Waals surface area contributed by atoms with Gasteiger partial charge in [-0.1, -0.05) is 35.8 Å². The van der Waals surface area contributed by atoms with Gasteiger partial charge in [-0.15, -0.1) is 0 Å². The molecule has 0 bridgehead atoms. The summed E-state index contributed by atoms with van der Waals surface area (Å²) >= 11 is 3.44. The fraction of sp³-hybridized carbons (Fsp3) is 0.455. The highest BCUT2D eigenvalue weighted by molar-refractivity contribution is 9.10. The van der Waals surface area contributed by atoms with Gasteiger partial charge in [-0.05, 0) is 36.1 Å². The van der Waals surface area contributed by atoms with Crippen LogP contribution < -0.4 is 5.73 Å².